The molecule has 0 aromatic carbocycles. The predicted molar refractivity (Wildman–Crippen MR) is 118 cm³/mol. The van der Waals surface area contributed by atoms with Gasteiger partial charge in [0, 0.05) is 19.6 Å². The third-order valence-corrected chi connectivity index (χ3v) is 6.93. The molecule has 1 N–H and O–H groups in total. The van der Waals surface area contributed by atoms with Gasteiger partial charge in [0.1, 0.15) is 12.1 Å². The average Bonchev–Trinajstić information content (AvgIpc) is 3.37. The number of halogens is 1. The Morgan fingerprint density at radius 3 is 2.55 bits per heavy atom. The zero-order valence-corrected chi connectivity index (χ0v) is 18.3. The van der Waals surface area contributed by atoms with Crippen molar-refractivity contribution < 1.29 is 0 Å². The third-order valence-electron chi connectivity index (χ3n) is 6.74. The fourth-order valence-electron chi connectivity index (χ4n) is 4.76. The van der Waals surface area contributed by atoms with Crippen LogP contribution in [0.25, 0.3) is 5.69 Å². The van der Waals surface area contributed by atoms with E-state index in [1.807, 2.05) is 6.07 Å². The van der Waals surface area contributed by atoms with E-state index in [1.54, 1.807) is 29.6 Å². The van der Waals surface area contributed by atoms with Crippen molar-refractivity contribution in [2.45, 2.75) is 39.0 Å². The van der Waals surface area contributed by atoms with E-state index in [-0.39, 0.29) is 0 Å². The van der Waals surface area contributed by atoms with Crippen molar-refractivity contribution in [3.63, 3.8) is 0 Å². The molecule has 9 nitrogen and oxygen atoms in total. The van der Waals surface area contributed by atoms with Gasteiger partial charge in [0.25, 0.3) is 0 Å². The summed E-state index contributed by atoms with van der Waals surface area (Å²) >= 11 is 5.91. The fourth-order valence-corrected chi connectivity index (χ4v) is 4.86. The van der Waals surface area contributed by atoms with E-state index < -0.39 is 0 Å². The lowest BCUT2D eigenvalue weighted by molar-refractivity contribution is 0.241. The van der Waals surface area contributed by atoms with Crippen LogP contribution in [0.2, 0.25) is 5.02 Å². The smallest absolute Gasteiger partial charge is 0.225 e. The lowest BCUT2D eigenvalue weighted by Gasteiger charge is -2.36. The summed E-state index contributed by atoms with van der Waals surface area (Å²) in [5, 5.41) is 15.4. The monoisotopic (exact) mass is 439 g/mol. The number of pyridine rings is 1. The number of anilines is 2. The van der Waals surface area contributed by atoms with Crippen LogP contribution in [0, 0.1) is 18.3 Å². The minimum absolute atomic E-state index is 0.486. The number of nitrogens with one attached hydrogen (secondary N) is 1. The van der Waals surface area contributed by atoms with Crippen LogP contribution in [0.15, 0.2) is 31.0 Å². The van der Waals surface area contributed by atoms with Crippen molar-refractivity contribution in [1.82, 2.24) is 35.2 Å². The maximum absolute atomic E-state index is 5.91. The highest BCUT2D eigenvalue weighted by Gasteiger charge is 2.49. The van der Waals surface area contributed by atoms with E-state index in [2.05, 4.69) is 47.6 Å². The largest absolute Gasteiger partial charge is 0.370 e. The van der Waals surface area contributed by atoms with E-state index in [1.165, 1.54) is 32.1 Å². The Bertz CT molecular complexity index is 1010. The van der Waals surface area contributed by atoms with Crippen LogP contribution in [-0.2, 0) is 0 Å². The molecule has 1 saturated heterocycles. The standard InChI is InChI=1S/C21H26ClN9/c1-15-10-18(31-14-27-28-29-31)13-24-19(15)23-7-6-21(4-5-21)16-2-8-30(9-3-16)20-25-11-17(22)12-26-20/h10-14,16H,2-9H2,1H3,(H,23,24). The molecular weight excluding hydrogens is 414 g/mol. The number of aromatic nitrogens is 7. The minimum Gasteiger partial charge on any atom is -0.370 e. The third kappa shape index (κ3) is 4.32. The molecule has 31 heavy (non-hydrogen) atoms. The minimum atomic E-state index is 0.486. The van der Waals surface area contributed by atoms with E-state index in [0.29, 0.717) is 10.4 Å². The van der Waals surface area contributed by atoms with Crippen LogP contribution in [0.4, 0.5) is 11.8 Å². The fraction of sp³-hybridized carbons (Fsp3) is 0.524. The van der Waals surface area contributed by atoms with Crippen LogP contribution >= 0.6 is 11.6 Å². The van der Waals surface area contributed by atoms with Crippen LogP contribution in [0.3, 0.4) is 0 Å². The van der Waals surface area contributed by atoms with Crippen LogP contribution in [0.1, 0.15) is 37.7 Å². The highest BCUT2D eigenvalue weighted by atomic mass is 35.5. The van der Waals surface area contributed by atoms with Gasteiger partial charge in [-0.05, 0) is 72.4 Å². The molecule has 4 heterocycles. The number of hydrogen-bond acceptors (Lipinski definition) is 8. The molecule has 2 fully saturated rings. The van der Waals surface area contributed by atoms with Gasteiger partial charge in [-0.15, -0.1) is 5.10 Å². The normalized spacial score (nSPS) is 18.2. The summed E-state index contributed by atoms with van der Waals surface area (Å²) in [5.41, 5.74) is 2.44. The van der Waals surface area contributed by atoms with Crippen LogP contribution < -0.4 is 10.2 Å². The number of tetrazole rings is 1. The Hall–Kier alpha value is -2.81. The van der Waals surface area contributed by atoms with Gasteiger partial charge in [-0.2, -0.15) is 4.68 Å². The first-order valence-electron chi connectivity index (χ1n) is 10.8. The molecule has 3 aromatic heterocycles. The number of rotatable bonds is 7. The highest BCUT2D eigenvalue weighted by molar-refractivity contribution is 6.30. The molecule has 0 atom stereocenters. The van der Waals surface area contributed by atoms with E-state index in [4.69, 9.17) is 11.6 Å². The first kappa shape index (κ1) is 20.1. The summed E-state index contributed by atoms with van der Waals surface area (Å²) in [6.45, 7) is 5.03. The van der Waals surface area contributed by atoms with Crippen LogP contribution in [-0.4, -0.2) is 54.8 Å². The quantitative estimate of drug-likeness (QED) is 0.598. The summed E-state index contributed by atoms with van der Waals surface area (Å²) in [6.07, 6.45) is 13.0. The molecule has 10 heteroatoms. The van der Waals surface area contributed by atoms with Gasteiger partial charge in [0.2, 0.25) is 5.95 Å². The van der Waals surface area contributed by atoms with Crippen molar-refractivity contribution in [3.05, 3.63) is 41.6 Å². The van der Waals surface area contributed by atoms with Gasteiger partial charge >= 0.3 is 0 Å². The molecule has 1 saturated carbocycles. The van der Waals surface area contributed by atoms with Crippen LogP contribution in [0.5, 0.6) is 0 Å². The van der Waals surface area contributed by atoms with E-state index >= 15 is 0 Å². The van der Waals surface area contributed by atoms with Crippen molar-refractivity contribution in [2.75, 3.05) is 29.9 Å². The highest BCUT2D eigenvalue weighted by Crippen LogP contribution is 2.57. The summed E-state index contributed by atoms with van der Waals surface area (Å²) in [7, 11) is 0. The van der Waals surface area contributed by atoms with Crippen molar-refractivity contribution in [1.29, 1.82) is 0 Å². The van der Waals surface area contributed by atoms with Gasteiger partial charge in [-0.3, -0.25) is 0 Å². The first-order valence-corrected chi connectivity index (χ1v) is 11.2. The molecule has 162 valence electrons. The second kappa shape index (κ2) is 8.37. The maximum atomic E-state index is 5.91. The van der Waals surface area contributed by atoms with Gasteiger partial charge in [0.05, 0.1) is 29.3 Å². The molecule has 2 aliphatic rings. The van der Waals surface area contributed by atoms with Gasteiger partial charge in [0.15, 0.2) is 0 Å². The molecule has 5 rings (SSSR count). The molecule has 0 radical (unpaired) electrons. The second-order valence-corrected chi connectivity index (χ2v) is 9.05. The zero-order valence-electron chi connectivity index (χ0n) is 17.6. The SMILES string of the molecule is Cc1cc(-n2cnnn2)cnc1NCCC1(C2CCN(c3ncc(Cl)cn3)CC2)CC1. The lowest BCUT2D eigenvalue weighted by Crippen LogP contribution is -2.38. The Morgan fingerprint density at radius 2 is 1.90 bits per heavy atom. The Balaban J connectivity index is 1.13. The number of aryl methyl sites for hydroxylation is 1. The molecule has 1 aliphatic heterocycles. The van der Waals surface area contributed by atoms with Gasteiger partial charge < -0.3 is 10.2 Å². The molecule has 0 bridgehead atoms. The maximum Gasteiger partial charge on any atom is 0.225 e. The van der Waals surface area contributed by atoms with E-state index in [9.17, 15) is 0 Å². The molecule has 0 amide bonds. The molecule has 3 aromatic rings. The second-order valence-electron chi connectivity index (χ2n) is 8.62. The Morgan fingerprint density at radius 1 is 1.13 bits per heavy atom. The van der Waals surface area contributed by atoms with Crippen molar-refractivity contribution >= 4 is 23.4 Å². The average molecular weight is 440 g/mol. The lowest BCUT2D eigenvalue weighted by atomic mass is 9.79. The molecular formula is C21H26ClN9. The number of hydrogen-bond donors (Lipinski definition) is 1. The summed E-state index contributed by atoms with van der Waals surface area (Å²) in [5.74, 6) is 2.50. The number of nitrogens with zero attached hydrogens (tertiary/aromatic N) is 8. The molecule has 0 spiro atoms. The van der Waals surface area contributed by atoms with Crippen molar-refractivity contribution in [3.8, 4) is 5.69 Å². The Kier molecular flexibility index (Phi) is 5.43. The summed E-state index contributed by atoms with van der Waals surface area (Å²) < 4.78 is 1.62. The summed E-state index contributed by atoms with van der Waals surface area (Å²) in [4.78, 5) is 15.6. The zero-order chi connectivity index (χ0) is 21.3. The summed E-state index contributed by atoms with van der Waals surface area (Å²) in [6, 6.07) is 2.05. The van der Waals surface area contributed by atoms with E-state index in [0.717, 1.165) is 48.6 Å². The Labute approximate surface area is 186 Å². The first-order chi connectivity index (χ1) is 15.1. The topological polar surface area (TPSA) is 97.5 Å². The van der Waals surface area contributed by atoms with Crippen molar-refractivity contribution in [2.24, 2.45) is 11.3 Å². The number of piperidine rings is 1. The molecule has 0 unspecified atom stereocenters. The van der Waals surface area contributed by atoms with Gasteiger partial charge in [-0.1, -0.05) is 11.6 Å². The van der Waals surface area contributed by atoms with Gasteiger partial charge in [-0.25, -0.2) is 15.0 Å². The molecule has 1 aliphatic carbocycles. The predicted octanol–water partition coefficient (Wildman–Crippen LogP) is 3.31.